The molecule has 0 aliphatic carbocycles. The van der Waals surface area contributed by atoms with Crippen molar-refractivity contribution in [2.45, 2.75) is 20.8 Å². The van der Waals surface area contributed by atoms with Gasteiger partial charge in [-0.15, -0.1) is 0 Å². The number of carbonyl (C=O) groups excluding carboxylic acids is 2. The number of ketones is 1. The van der Waals surface area contributed by atoms with Crippen molar-refractivity contribution >= 4 is 25.0 Å². The molecule has 0 heterocycles. The predicted molar refractivity (Wildman–Crippen MR) is 121 cm³/mol. The number of esters is 1. The molecule has 0 saturated heterocycles. The fraction of sp³-hybridized carbons (Fsp3) is 0.391. The van der Waals surface area contributed by atoms with Gasteiger partial charge in [-0.05, 0) is 45.0 Å². The number of hydrogen-bond acceptors (Lipinski definition) is 7. The first kappa shape index (κ1) is 24.8. The van der Waals surface area contributed by atoms with Crippen LogP contribution < -0.4 is 5.32 Å². The van der Waals surface area contributed by atoms with Gasteiger partial charge in [0.05, 0.1) is 37.5 Å². The van der Waals surface area contributed by atoms with Crippen molar-refractivity contribution in [1.82, 2.24) is 0 Å². The molecule has 1 atom stereocenters. The average molecular weight is 447 g/mol. The van der Waals surface area contributed by atoms with Crippen molar-refractivity contribution < 1.29 is 27.9 Å². The van der Waals surface area contributed by atoms with E-state index in [1.54, 1.807) is 69.3 Å². The van der Waals surface area contributed by atoms with Crippen LogP contribution in [0.25, 0.3) is 0 Å². The molecule has 0 saturated carbocycles. The molecule has 2 aromatic carbocycles. The third kappa shape index (κ3) is 7.62. The highest BCUT2D eigenvalue weighted by molar-refractivity contribution is 7.53. The highest BCUT2D eigenvalue weighted by Gasteiger charge is 2.32. The summed E-state index contributed by atoms with van der Waals surface area (Å²) in [6.07, 6.45) is -0.0314. The van der Waals surface area contributed by atoms with Crippen molar-refractivity contribution in [2.24, 2.45) is 5.92 Å². The van der Waals surface area contributed by atoms with Gasteiger partial charge in [0.2, 0.25) is 0 Å². The first-order valence-corrected chi connectivity index (χ1v) is 12.1. The Morgan fingerprint density at radius 2 is 1.48 bits per heavy atom. The Bertz CT molecular complexity index is 875. The van der Waals surface area contributed by atoms with Crippen LogP contribution >= 0.6 is 7.60 Å². The molecule has 0 aliphatic heterocycles. The molecule has 1 unspecified atom stereocenters. The smallest absolute Gasteiger partial charge is 0.338 e. The molecule has 31 heavy (non-hydrogen) atoms. The second-order valence-corrected chi connectivity index (χ2v) is 8.84. The van der Waals surface area contributed by atoms with E-state index < -0.39 is 13.5 Å². The third-order valence-corrected chi connectivity index (χ3v) is 6.66. The summed E-state index contributed by atoms with van der Waals surface area (Å²) in [5.74, 6) is -1.16. The highest BCUT2D eigenvalue weighted by Crippen LogP contribution is 2.50. The summed E-state index contributed by atoms with van der Waals surface area (Å²) in [5.41, 5.74) is 1.70. The van der Waals surface area contributed by atoms with Gasteiger partial charge >= 0.3 is 13.6 Å². The van der Waals surface area contributed by atoms with Crippen LogP contribution in [0.2, 0.25) is 0 Å². The number of carbonyl (C=O) groups is 2. The number of benzene rings is 2. The third-order valence-electron chi connectivity index (χ3n) is 4.47. The molecule has 0 radical (unpaired) electrons. The van der Waals surface area contributed by atoms with E-state index in [1.165, 1.54) is 0 Å². The number of nitrogens with one attached hydrogen (secondary N) is 1. The lowest BCUT2D eigenvalue weighted by Crippen LogP contribution is -2.27. The number of Topliss-reactive ketones (excluding diaryl/α,β-unsaturated/α-hetero) is 1. The first-order valence-electron chi connectivity index (χ1n) is 10.4. The maximum absolute atomic E-state index is 13.1. The lowest BCUT2D eigenvalue weighted by atomic mass is 9.99. The maximum Gasteiger partial charge on any atom is 0.338 e. The van der Waals surface area contributed by atoms with Gasteiger partial charge in [0.15, 0.2) is 5.78 Å². The lowest BCUT2D eigenvalue weighted by Gasteiger charge is -2.23. The molecule has 2 aromatic rings. The van der Waals surface area contributed by atoms with Crippen LogP contribution in [0.3, 0.4) is 0 Å². The molecule has 0 amide bonds. The van der Waals surface area contributed by atoms with Crippen molar-refractivity contribution in [3.63, 3.8) is 0 Å². The Morgan fingerprint density at radius 3 is 2.03 bits per heavy atom. The van der Waals surface area contributed by atoms with Crippen molar-refractivity contribution in [3.8, 4) is 0 Å². The Morgan fingerprint density at radius 1 is 0.871 bits per heavy atom. The Balaban J connectivity index is 2.17. The van der Waals surface area contributed by atoms with Gasteiger partial charge in [-0.25, -0.2) is 4.79 Å². The molecule has 0 spiro atoms. The zero-order valence-electron chi connectivity index (χ0n) is 18.2. The normalized spacial score (nSPS) is 12.2. The number of rotatable bonds is 13. The number of anilines is 1. The van der Waals surface area contributed by atoms with E-state index in [9.17, 15) is 14.2 Å². The standard InChI is InChI=1S/C23H30NO6P/c1-4-28-23(26)19-12-14-21(15-13-19)24-16-20(17-31(27,29-5-2)30-6-3)22(25)18-10-8-7-9-11-18/h7-15,20,24H,4-6,16-17H2,1-3H3. The van der Waals surface area contributed by atoms with E-state index in [4.69, 9.17) is 13.8 Å². The molecule has 8 heteroatoms. The van der Waals surface area contributed by atoms with Crippen LogP contribution in [0, 0.1) is 5.92 Å². The fourth-order valence-corrected chi connectivity index (χ4v) is 4.97. The van der Waals surface area contributed by atoms with E-state index in [2.05, 4.69) is 5.32 Å². The summed E-state index contributed by atoms with van der Waals surface area (Å²) in [5, 5.41) is 3.20. The van der Waals surface area contributed by atoms with E-state index in [0.717, 1.165) is 5.69 Å². The maximum atomic E-state index is 13.1. The van der Waals surface area contributed by atoms with Crippen molar-refractivity contribution in [2.75, 3.05) is 37.8 Å². The molecule has 168 valence electrons. The molecule has 0 aromatic heterocycles. The summed E-state index contributed by atoms with van der Waals surface area (Å²) in [7, 11) is -3.42. The fourth-order valence-electron chi connectivity index (χ4n) is 3.06. The van der Waals surface area contributed by atoms with Crippen molar-refractivity contribution in [3.05, 3.63) is 65.7 Å². The van der Waals surface area contributed by atoms with Crippen LogP contribution in [0.15, 0.2) is 54.6 Å². The largest absolute Gasteiger partial charge is 0.462 e. The van der Waals surface area contributed by atoms with Crippen LogP contribution in [-0.2, 0) is 18.3 Å². The topological polar surface area (TPSA) is 90.9 Å². The second-order valence-electron chi connectivity index (χ2n) is 6.73. The van der Waals surface area contributed by atoms with Crippen LogP contribution in [0.5, 0.6) is 0 Å². The van der Waals surface area contributed by atoms with Crippen LogP contribution in [0.4, 0.5) is 5.69 Å². The van der Waals surface area contributed by atoms with Gasteiger partial charge in [0.25, 0.3) is 0 Å². The van der Waals surface area contributed by atoms with Gasteiger partial charge in [0.1, 0.15) is 0 Å². The van der Waals surface area contributed by atoms with Gasteiger partial charge in [-0.3, -0.25) is 9.36 Å². The molecule has 7 nitrogen and oxygen atoms in total. The quantitative estimate of drug-likeness (QED) is 0.261. The van der Waals surface area contributed by atoms with Gasteiger partial charge < -0.3 is 19.1 Å². The molecular weight excluding hydrogens is 417 g/mol. The minimum absolute atomic E-state index is 0.0314. The molecule has 0 bridgehead atoms. The first-order chi connectivity index (χ1) is 14.9. The molecule has 2 rings (SSSR count). The summed E-state index contributed by atoms with van der Waals surface area (Å²) in [4.78, 5) is 24.9. The van der Waals surface area contributed by atoms with Crippen LogP contribution in [-0.4, -0.2) is 44.3 Å². The monoisotopic (exact) mass is 447 g/mol. The molecular formula is C23H30NO6P. The van der Waals surface area contributed by atoms with E-state index >= 15 is 0 Å². The van der Waals surface area contributed by atoms with E-state index in [-0.39, 0.29) is 37.7 Å². The Labute approximate surface area is 183 Å². The predicted octanol–water partition coefficient (Wildman–Crippen LogP) is 5.04. The Hall–Kier alpha value is -2.47. The second kappa shape index (κ2) is 12.4. The zero-order chi connectivity index (χ0) is 22.7. The van der Waals surface area contributed by atoms with Gasteiger partial charge in [0, 0.05) is 17.8 Å². The summed E-state index contributed by atoms with van der Waals surface area (Å²) >= 11 is 0. The molecule has 0 aliphatic rings. The van der Waals surface area contributed by atoms with Crippen LogP contribution in [0.1, 0.15) is 41.5 Å². The minimum atomic E-state index is -3.42. The average Bonchev–Trinajstić information content (AvgIpc) is 2.77. The van der Waals surface area contributed by atoms with E-state index in [1.807, 2.05) is 6.07 Å². The van der Waals surface area contributed by atoms with Gasteiger partial charge in [-0.2, -0.15) is 0 Å². The molecule has 0 fully saturated rings. The lowest BCUT2D eigenvalue weighted by molar-refractivity contribution is 0.0526. The molecule has 1 N–H and O–H groups in total. The Kier molecular flexibility index (Phi) is 9.92. The highest BCUT2D eigenvalue weighted by atomic mass is 31.2. The zero-order valence-corrected chi connectivity index (χ0v) is 19.1. The van der Waals surface area contributed by atoms with E-state index in [0.29, 0.717) is 17.7 Å². The SMILES string of the molecule is CCOC(=O)c1ccc(NCC(CP(=O)(OCC)OCC)C(=O)c2ccccc2)cc1. The summed E-state index contributed by atoms with van der Waals surface area (Å²) in [6.45, 7) is 6.23. The number of hydrogen-bond donors (Lipinski definition) is 1. The van der Waals surface area contributed by atoms with Gasteiger partial charge in [-0.1, -0.05) is 30.3 Å². The van der Waals surface area contributed by atoms with Crippen molar-refractivity contribution in [1.29, 1.82) is 0 Å². The summed E-state index contributed by atoms with van der Waals surface area (Å²) < 4.78 is 28.9. The summed E-state index contributed by atoms with van der Waals surface area (Å²) in [6, 6.07) is 15.7. The minimum Gasteiger partial charge on any atom is -0.462 e. The number of ether oxygens (including phenoxy) is 1.